The molecule has 1 amide bonds. The first-order valence-corrected chi connectivity index (χ1v) is 6.08. The predicted molar refractivity (Wildman–Crippen MR) is 69.5 cm³/mol. The highest BCUT2D eigenvalue weighted by Crippen LogP contribution is 2.28. The van der Waals surface area contributed by atoms with E-state index in [1.807, 2.05) is 13.8 Å². The molecule has 4 nitrogen and oxygen atoms in total. The number of benzene rings is 1. The smallest absolute Gasteiger partial charge is 0.258 e. The Hall–Kier alpha value is -1.23. The number of methoxy groups -OCH3 is 1. The molecule has 94 valence electrons. The number of rotatable bonds is 5. The first-order chi connectivity index (χ1) is 8.02. The van der Waals surface area contributed by atoms with Crippen molar-refractivity contribution in [2.75, 3.05) is 13.7 Å². The van der Waals surface area contributed by atoms with Crippen LogP contribution in [-0.2, 0) is 4.79 Å². The molecule has 0 atom stereocenters. The molecule has 17 heavy (non-hydrogen) atoms. The highest BCUT2D eigenvalue weighted by atomic mass is 79.9. The summed E-state index contributed by atoms with van der Waals surface area (Å²) in [5, 5.41) is 2.75. The van der Waals surface area contributed by atoms with Crippen LogP contribution in [0.2, 0.25) is 0 Å². The van der Waals surface area contributed by atoms with Crippen molar-refractivity contribution in [3.8, 4) is 11.5 Å². The summed E-state index contributed by atoms with van der Waals surface area (Å²) in [6, 6.07) is 5.44. The lowest BCUT2D eigenvalue weighted by Crippen LogP contribution is -2.34. The Morgan fingerprint density at radius 2 is 2.18 bits per heavy atom. The molecule has 0 spiro atoms. The summed E-state index contributed by atoms with van der Waals surface area (Å²) in [7, 11) is 1.60. The standard InChI is InChI=1S/C12H16BrNO3/c1-8(2)14-12(15)7-17-11-5-4-9(16-3)6-10(11)13/h4-6,8H,7H2,1-3H3,(H,14,15). The second-order valence-electron chi connectivity index (χ2n) is 3.81. The van der Waals surface area contributed by atoms with E-state index >= 15 is 0 Å². The average Bonchev–Trinajstić information content (AvgIpc) is 2.26. The molecule has 1 aromatic carbocycles. The Bertz CT molecular complexity index is 393. The van der Waals surface area contributed by atoms with Gasteiger partial charge in [0, 0.05) is 6.04 Å². The van der Waals surface area contributed by atoms with Crippen LogP contribution >= 0.6 is 15.9 Å². The van der Waals surface area contributed by atoms with Crippen LogP contribution in [0.4, 0.5) is 0 Å². The lowest BCUT2D eigenvalue weighted by atomic mass is 10.3. The summed E-state index contributed by atoms with van der Waals surface area (Å²) in [4.78, 5) is 11.4. The summed E-state index contributed by atoms with van der Waals surface area (Å²) < 4.78 is 11.2. The predicted octanol–water partition coefficient (Wildman–Crippen LogP) is 2.36. The average molecular weight is 302 g/mol. The summed E-state index contributed by atoms with van der Waals surface area (Å²) in [6.45, 7) is 3.81. The minimum absolute atomic E-state index is 0.00308. The van der Waals surface area contributed by atoms with Crippen molar-refractivity contribution >= 4 is 21.8 Å². The Morgan fingerprint density at radius 1 is 1.47 bits per heavy atom. The van der Waals surface area contributed by atoms with E-state index in [1.54, 1.807) is 25.3 Å². The van der Waals surface area contributed by atoms with E-state index in [0.29, 0.717) is 5.75 Å². The summed E-state index contributed by atoms with van der Waals surface area (Å²) in [5.41, 5.74) is 0. The molecule has 1 rings (SSSR count). The number of hydrogen-bond acceptors (Lipinski definition) is 3. The zero-order valence-electron chi connectivity index (χ0n) is 10.1. The molecule has 0 bridgehead atoms. The van der Waals surface area contributed by atoms with Gasteiger partial charge in [0.05, 0.1) is 11.6 Å². The van der Waals surface area contributed by atoms with Gasteiger partial charge in [-0.25, -0.2) is 0 Å². The molecule has 0 fully saturated rings. The SMILES string of the molecule is COc1ccc(OCC(=O)NC(C)C)c(Br)c1. The summed E-state index contributed by atoms with van der Waals surface area (Å²) in [5.74, 6) is 1.21. The van der Waals surface area contributed by atoms with Crippen LogP contribution in [0.3, 0.4) is 0 Å². The molecule has 0 aliphatic carbocycles. The molecule has 0 unspecified atom stereocenters. The minimum Gasteiger partial charge on any atom is -0.497 e. The number of carbonyl (C=O) groups is 1. The molecular weight excluding hydrogens is 286 g/mol. The van der Waals surface area contributed by atoms with Gasteiger partial charge in [-0.3, -0.25) is 4.79 Å². The molecule has 0 saturated carbocycles. The normalized spacial score (nSPS) is 10.2. The number of carbonyl (C=O) groups excluding carboxylic acids is 1. The van der Waals surface area contributed by atoms with Gasteiger partial charge >= 0.3 is 0 Å². The van der Waals surface area contributed by atoms with Gasteiger partial charge in [-0.15, -0.1) is 0 Å². The molecule has 0 radical (unpaired) electrons. The van der Waals surface area contributed by atoms with E-state index in [0.717, 1.165) is 10.2 Å². The third kappa shape index (κ3) is 4.65. The highest BCUT2D eigenvalue weighted by Gasteiger charge is 2.07. The first-order valence-electron chi connectivity index (χ1n) is 5.28. The van der Waals surface area contributed by atoms with Gasteiger partial charge in [0.25, 0.3) is 5.91 Å². The van der Waals surface area contributed by atoms with Crippen LogP contribution in [0, 0.1) is 0 Å². The lowest BCUT2D eigenvalue weighted by Gasteiger charge is -2.11. The summed E-state index contributed by atoms with van der Waals surface area (Å²) >= 11 is 3.35. The Balaban J connectivity index is 2.55. The van der Waals surface area contributed by atoms with Gasteiger partial charge in [0.1, 0.15) is 11.5 Å². The number of ether oxygens (including phenoxy) is 2. The van der Waals surface area contributed by atoms with Gasteiger partial charge < -0.3 is 14.8 Å². The van der Waals surface area contributed by atoms with Gasteiger partial charge in [0.15, 0.2) is 6.61 Å². The van der Waals surface area contributed by atoms with Crippen LogP contribution in [0.25, 0.3) is 0 Å². The van der Waals surface area contributed by atoms with E-state index in [4.69, 9.17) is 9.47 Å². The third-order valence-electron chi connectivity index (χ3n) is 1.95. The number of nitrogens with one attached hydrogen (secondary N) is 1. The molecule has 0 heterocycles. The monoisotopic (exact) mass is 301 g/mol. The third-order valence-corrected chi connectivity index (χ3v) is 2.57. The minimum atomic E-state index is -0.136. The maximum atomic E-state index is 11.4. The Kier molecular flexibility index (Phi) is 5.28. The van der Waals surface area contributed by atoms with Crippen molar-refractivity contribution in [3.63, 3.8) is 0 Å². The fourth-order valence-electron chi connectivity index (χ4n) is 1.23. The molecule has 1 N–H and O–H groups in total. The second kappa shape index (κ2) is 6.49. The molecule has 1 aromatic rings. The van der Waals surface area contributed by atoms with Crippen LogP contribution in [-0.4, -0.2) is 25.7 Å². The number of hydrogen-bond donors (Lipinski definition) is 1. The van der Waals surface area contributed by atoms with Crippen LogP contribution < -0.4 is 14.8 Å². The van der Waals surface area contributed by atoms with Crippen LogP contribution in [0.1, 0.15) is 13.8 Å². The van der Waals surface area contributed by atoms with E-state index in [1.165, 1.54) is 0 Å². The van der Waals surface area contributed by atoms with Gasteiger partial charge in [-0.2, -0.15) is 0 Å². The summed E-state index contributed by atoms with van der Waals surface area (Å²) in [6.07, 6.45) is 0. The quantitative estimate of drug-likeness (QED) is 0.908. The molecule has 5 heteroatoms. The van der Waals surface area contributed by atoms with Crippen LogP contribution in [0.15, 0.2) is 22.7 Å². The second-order valence-corrected chi connectivity index (χ2v) is 4.66. The van der Waals surface area contributed by atoms with Gasteiger partial charge in [-0.05, 0) is 48.0 Å². The Morgan fingerprint density at radius 3 is 2.71 bits per heavy atom. The van der Waals surface area contributed by atoms with Crippen molar-refractivity contribution < 1.29 is 14.3 Å². The van der Waals surface area contributed by atoms with Crippen molar-refractivity contribution in [1.82, 2.24) is 5.32 Å². The van der Waals surface area contributed by atoms with Gasteiger partial charge in [0.2, 0.25) is 0 Å². The molecule has 0 aliphatic rings. The maximum absolute atomic E-state index is 11.4. The van der Waals surface area contributed by atoms with Gasteiger partial charge in [-0.1, -0.05) is 0 Å². The van der Waals surface area contributed by atoms with Crippen molar-refractivity contribution in [2.24, 2.45) is 0 Å². The first kappa shape index (κ1) is 13.8. The number of halogens is 1. The molecule has 0 aromatic heterocycles. The van der Waals surface area contributed by atoms with E-state index < -0.39 is 0 Å². The van der Waals surface area contributed by atoms with Crippen molar-refractivity contribution in [1.29, 1.82) is 0 Å². The number of amides is 1. The van der Waals surface area contributed by atoms with Crippen molar-refractivity contribution in [3.05, 3.63) is 22.7 Å². The molecule has 0 saturated heterocycles. The fraction of sp³-hybridized carbons (Fsp3) is 0.417. The molecular formula is C12H16BrNO3. The zero-order chi connectivity index (χ0) is 12.8. The Labute approximate surface area is 109 Å². The topological polar surface area (TPSA) is 47.6 Å². The van der Waals surface area contributed by atoms with E-state index in [9.17, 15) is 4.79 Å². The zero-order valence-corrected chi connectivity index (χ0v) is 11.7. The maximum Gasteiger partial charge on any atom is 0.258 e. The fourth-order valence-corrected chi connectivity index (χ4v) is 1.70. The lowest BCUT2D eigenvalue weighted by molar-refractivity contribution is -0.123. The van der Waals surface area contributed by atoms with Crippen LogP contribution in [0.5, 0.6) is 11.5 Å². The highest BCUT2D eigenvalue weighted by molar-refractivity contribution is 9.10. The van der Waals surface area contributed by atoms with Crippen molar-refractivity contribution in [2.45, 2.75) is 19.9 Å². The largest absolute Gasteiger partial charge is 0.497 e. The van der Waals surface area contributed by atoms with E-state index in [-0.39, 0.29) is 18.6 Å². The molecule has 0 aliphatic heterocycles. The van der Waals surface area contributed by atoms with E-state index in [2.05, 4.69) is 21.2 Å².